The van der Waals surface area contributed by atoms with Crippen molar-refractivity contribution in [1.82, 2.24) is 4.98 Å². The molecule has 2 aliphatic rings. The highest BCUT2D eigenvalue weighted by molar-refractivity contribution is 7.15. The van der Waals surface area contributed by atoms with Gasteiger partial charge in [0.05, 0.1) is 11.4 Å². The van der Waals surface area contributed by atoms with E-state index in [0.717, 1.165) is 28.4 Å². The van der Waals surface area contributed by atoms with Crippen LogP contribution >= 0.6 is 11.3 Å². The first-order chi connectivity index (χ1) is 11.3. The fourth-order valence-electron chi connectivity index (χ4n) is 3.10. The van der Waals surface area contributed by atoms with Crippen LogP contribution in [0.1, 0.15) is 10.4 Å². The molecule has 0 unspecified atom stereocenters. The van der Waals surface area contributed by atoms with Gasteiger partial charge in [-0.2, -0.15) is 0 Å². The van der Waals surface area contributed by atoms with E-state index in [1.807, 2.05) is 18.2 Å². The summed E-state index contributed by atoms with van der Waals surface area (Å²) in [7, 11) is 0. The number of ether oxygens (including phenoxy) is 1. The van der Waals surface area contributed by atoms with Gasteiger partial charge in [0.1, 0.15) is 10.8 Å². The van der Waals surface area contributed by atoms with Crippen LogP contribution in [-0.2, 0) is 11.2 Å². The van der Waals surface area contributed by atoms with Crippen molar-refractivity contribution < 1.29 is 9.53 Å². The molecular formula is C18H12N2O2S. The molecule has 112 valence electrons. The molecule has 0 atom stereocenters. The van der Waals surface area contributed by atoms with E-state index in [9.17, 15) is 4.79 Å². The summed E-state index contributed by atoms with van der Waals surface area (Å²) in [4.78, 5) is 17.6. The van der Waals surface area contributed by atoms with Gasteiger partial charge in [-0.1, -0.05) is 24.3 Å². The molecule has 0 saturated carbocycles. The Bertz CT molecular complexity index is 961. The van der Waals surface area contributed by atoms with Gasteiger partial charge < -0.3 is 10.1 Å². The number of hydrogen-bond acceptors (Lipinski definition) is 4. The number of benzene rings is 2. The van der Waals surface area contributed by atoms with Crippen molar-refractivity contribution in [3.8, 4) is 27.6 Å². The summed E-state index contributed by atoms with van der Waals surface area (Å²) in [6.07, 6.45) is 0.952. The van der Waals surface area contributed by atoms with E-state index in [2.05, 4.69) is 29.6 Å². The molecule has 2 heterocycles. The quantitative estimate of drug-likeness (QED) is 0.581. The molecule has 0 bridgehead atoms. The SMILES string of the molecule is O=C1COc2ccc(-c3nc4c(s3)Cc3ccccc3-4)cc2N1. The number of amides is 1. The van der Waals surface area contributed by atoms with E-state index < -0.39 is 0 Å². The minimum absolute atomic E-state index is 0.0781. The first-order valence-corrected chi connectivity index (χ1v) is 8.24. The van der Waals surface area contributed by atoms with Crippen LogP contribution < -0.4 is 10.1 Å². The van der Waals surface area contributed by atoms with Crippen LogP contribution in [0.5, 0.6) is 5.75 Å². The Kier molecular flexibility index (Phi) is 2.60. The number of fused-ring (bicyclic) bond motifs is 4. The second-order valence-electron chi connectivity index (χ2n) is 5.67. The summed E-state index contributed by atoms with van der Waals surface area (Å²) in [6, 6.07) is 14.2. The Morgan fingerprint density at radius 1 is 1.17 bits per heavy atom. The van der Waals surface area contributed by atoms with Gasteiger partial charge in [0, 0.05) is 22.4 Å². The Morgan fingerprint density at radius 2 is 2.09 bits per heavy atom. The van der Waals surface area contributed by atoms with Gasteiger partial charge in [-0.3, -0.25) is 4.79 Å². The van der Waals surface area contributed by atoms with Crippen LogP contribution in [0.3, 0.4) is 0 Å². The molecule has 0 fully saturated rings. The highest BCUT2D eigenvalue weighted by Crippen LogP contribution is 2.43. The Labute approximate surface area is 136 Å². The number of hydrogen-bond donors (Lipinski definition) is 1. The first kappa shape index (κ1) is 12.8. The Hall–Kier alpha value is -2.66. The summed E-state index contributed by atoms with van der Waals surface area (Å²) >= 11 is 1.72. The van der Waals surface area contributed by atoms with Crippen LogP contribution in [0.2, 0.25) is 0 Å². The van der Waals surface area contributed by atoms with Crippen molar-refractivity contribution in [2.75, 3.05) is 11.9 Å². The van der Waals surface area contributed by atoms with Gasteiger partial charge in [0.2, 0.25) is 0 Å². The summed E-state index contributed by atoms with van der Waals surface area (Å²) in [5.41, 5.74) is 5.40. The maximum atomic E-state index is 11.5. The lowest BCUT2D eigenvalue weighted by molar-refractivity contribution is -0.118. The van der Waals surface area contributed by atoms with Crippen LogP contribution in [-0.4, -0.2) is 17.5 Å². The third-order valence-electron chi connectivity index (χ3n) is 4.18. The number of rotatable bonds is 1. The number of anilines is 1. The molecule has 1 aromatic heterocycles. The van der Waals surface area contributed by atoms with Crippen LogP contribution in [0.4, 0.5) is 5.69 Å². The molecular weight excluding hydrogens is 308 g/mol. The number of carbonyl (C=O) groups excluding carboxylic acids is 1. The Balaban J connectivity index is 1.58. The van der Waals surface area contributed by atoms with E-state index in [1.165, 1.54) is 16.0 Å². The summed E-state index contributed by atoms with van der Waals surface area (Å²) in [6.45, 7) is 0.0781. The normalized spacial score (nSPS) is 14.5. The summed E-state index contributed by atoms with van der Waals surface area (Å²) in [5.74, 6) is 0.591. The van der Waals surface area contributed by atoms with E-state index in [0.29, 0.717) is 5.75 Å². The maximum absolute atomic E-state index is 11.5. The zero-order valence-corrected chi connectivity index (χ0v) is 12.9. The molecule has 4 nitrogen and oxygen atoms in total. The molecule has 1 aliphatic heterocycles. The zero-order chi connectivity index (χ0) is 15.4. The molecule has 1 amide bonds. The van der Waals surface area contributed by atoms with E-state index in [-0.39, 0.29) is 12.5 Å². The first-order valence-electron chi connectivity index (χ1n) is 7.43. The van der Waals surface area contributed by atoms with Crippen LogP contribution in [0.15, 0.2) is 42.5 Å². The van der Waals surface area contributed by atoms with E-state index in [4.69, 9.17) is 9.72 Å². The predicted octanol–water partition coefficient (Wildman–Crippen LogP) is 3.71. The van der Waals surface area contributed by atoms with Gasteiger partial charge in [-0.25, -0.2) is 4.98 Å². The molecule has 0 radical (unpaired) electrons. The lowest BCUT2D eigenvalue weighted by Crippen LogP contribution is -2.25. The Morgan fingerprint density at radius 3 is 3.04 bits per heavy atom. The number of thiazole rings is 1. The lowest BCUT2D eigenvalue weighted by atomic mass is 10.1. The summed E-state index contributed by atoms with van der Waals surface area (Å²) in [5, 5.41) is 3.83. The second kappa shape index (κ2) is 4.67. The zero-order valence-electron chi connectivity index (χ0n) is 12.1. The van der Waals surface area contributed by atoms with Crippen molar-refractivity contribution in [3.05, 3.63) is 52.9 Å². The highest BCUT2D eigenvalue weighted by atomic mass is 32.1. The molecule has 23 heavy (non-hydrogen) atoms. The monoisotopic (exact) mass is 320 g/mol. The molecule has 1 N–H and O–H groups in total. The molecule has 3 aromatic rings. The average Bonchev–Trinajstić information content (AvgIpc) is 3.12. The molecule has 5 rings (SSSR count). The largest absolute Gasteiger partial charge is 0.482 e. The fourth-order valence-corrected chi connectivity index (χ4v) is 4.20. The second-order valence-corrected chi connectivity index (χ2v) is 6.76. The standard InChI is InChI=1S/C18H12N2O2S/c21-16-9-22-14-6-5-11(7-13(14)19-16)18-20-17-12-4-2-1-3-10(12)8-15(17)23-18/h1-7H,8-9H2,(H,19,21). The molecule has 0 saturated heterocycles. The third-order valence-corrected chi connectivity index (χ3v) is 5.28. The predicted molar refractivity (Wildman–Crippen MR) is 89.9 cm³/mol. The molecule has 2 aromatic carbocycles. The van der Waals surface area contributed by atoms with Gasteiger partial charge >= 0.3 is 0 Å². The number of nitrogens with zero attached hydrogens (tertiary/aromatic N) is 1. The highest BCUT2D eigenvalue weighted by Gasteiger charge is 2.24. The van der Waals surface area contributed by atoms with Crippen molar-refractivity contribution in [3.63, 3.8) is 0 Å². The number of carbonyl (C=O) groups is 1. The number of nitrogens with one attached hydrogen (secondary N) is 1. The molecule has 1 aliphatic carbocycles. The van der Waals surface area contributed by atoms with Crippen molar-refractivity contribution in [2.45, 2.75) is 6.42 Å². The van der Waals surface area contributed by atoms with E-state index >= 15 is 0 Å². The van der Waals surface area contributed by atoms with Gasteiger partial charge in [0.15, 0.2) is 6.61 Å². The van der Waals surface area contributed by atoms with Gasteiger partial charge in [-0.15, -0.1) is 11.3 Å². The molecule has 5 heteroatoms. The number of aromatic nitrogens is 1. The smallest absolute Gasteiger partial charge is 0.262 e. The van der Waals surface area contributed by atoms with Crippen LogP contribution in [0, 0.1) is 0 Å². The maximum Gasteiger partial charge on any atom is 0.262 e. The van der Waals surface area contributed by atoms with Crippen molar-refractivity contribution >= 4 is 22.9 Å². The average molecular weight is 320 g/mol. The van der Waals surface area contributed by atoms with Gasteiger partial charge in [0.25, 0.3) is 5.91 Å². The lowest BCUT2D eigenvalue weighted by Gasteiger charge is -2.18. The minimum atomic E-state index is -0.120. The third kappa shape index (κ3) is 1.97. The van der Waals surface area contributed by atoms with E-state index in [1.54, 1.807) is 11.3 Å². The minimum Gasteiger partial charge on any atom is -0.482 e. The molecule has 0 spiro atoms. The van der Waals surface area contributed by atoms with Crippen LogP contribution in [0.25, 0.3) is 21.8 Å². The van der Waals surface area contributed by atoms with Gasteiger partial charge in [-0.05, 0) is 23.8 Å². The topological polar surface area (TPSA) is 51.2 Å². The van der Waals surface area contributed by atoms with Crippen molar-refractivity contribution in [1.29, 1.82) is 0 Å². The summed E-state index contributed by atoms with van der Waals surface area (Å²) < 4.78 is 5.41. The fraction of sp³-hybridized carbons (Fsp3) is 0.111. The van der Waals surface area contributed by atoms with Crippen molar-refractivity contribution in [2.24, 2.45) is 0 Å².